The minimum absolute atomic E-state index is 0. The van der Waals surface area contributed by atoms with E-state index in [-0.39, 0.29) is 30.1 Å². The van der Waals surface area contributed by atoms with Crippen LogP contribution in [0.1, 0.15) is 26.2 Å². The summed E-state index contributed by atoms with van der Waals surface area (Å²) < 4.78 is 0. The minimum atomic E-state index is -0.0973. The number of hydrogen-bond donors (Lipinski definition) is 2. The maximum Gasteiger partial charge on any atom is 0.0520 e. The first kappa shape index (κ1) is 11.4. The maximum absolute atomic E-state index is 5.26. The lowest BCUT2D eigenvalue weighted by atomic mass is 10.2. The first-order valence-corrected chi connectivity index (χ1v) is 2.78. The molecule has 0 saturated heterocycles. The van der Waals surface area contributed by atoms with Gasteiger partial charge in [-0.3, -0.25) is 0 Å². The van der Waals surface area contributed by atoms with E-state index in [0.29, 0.717) is 0 Å². The molecule has 0 unspecified atom stereocenters. The van der Waals surface area contributed by atoms with E-state index in [2.05, 4.69) is 6.92 Å². The van der Waals surface area contributed by atoms with Crippen LogP contribution in [0.25, 0.3) is 0 Å². The second-order valence-electron chi connectivity index (χ2n) is 1.81. The summed E-state index contributed by atoms with van der Waals surface area (Å²) in [6.45, 7) is 2.13. The standard InChI is InChI=1S/C5H14N2.HI/c1-2-3-4-5(6)7;/h5H,2-4,6-7H2,1H3;1H. The van der Waals surface area contributed by atoms with Gasteiger partial charge in [0, 0.05) is 0 Å². The molecule has 0 bridgehead atoms. The highest BCUT2D eigenvalue weighted by Crippen LogP contribution is 1.91. The van der Waals surface area contributed by atoms with Crippen molar-refractivity contribution in [2.75, 3.05) is 0 Å². The molecule has 0 fully saturated rings. The third kappa shape index (κ3) is 9.82. The molecule has 2 nitrogen and oxygen atoms in total. The van der Waals surface area contributed by atoms with Crippen LogP contribution in [0.4, 0.5) is 0 Å². The molecule has 4 N–H and O–H groups in total. The van der Waals surface area contributed by atoms with Crippen LogP contribution in [0.5, 0.6) is 0 Å². The summed E-state index contributed by atoms with van der Waals surface area (Å²) in [6, 6.07) is 0. The van der Waals surface area contributed by atoms with Crippen molar-refractivity contribution in [3.8, 4) is 0 Å². The maximum atomic E-state index is 5.26. The average Bonchev–Trinajstić information content (AvgIpc) is 1.61. The molecule has 3 heteroatoms. The largest absolute Gasteiger partial charge is 0.316 e. The summed E-state index contributed by atoms with van der Waals surface area (Å²) >= 11 is 0. The van der Waals surface area contributed by atoms with Gasteiger partial charge in [0.15, 0.2) is 0 Å². The molecular weight excluding hydrogens is 215 g/mol. The van der Waals surface area contributed by atoms with Gasteiger partial charge in [-0.05, 0) is 6.42 Å². The molecule has 0 aliphatic heterocycles. The highest BCUT2D eigenvalue weighted by Gasteiger charge is 1.88. The topological polar surface area (TPSA) is 52.0 Å². The Bertz CT molecular complexity index is 39.4. The van der Waals surface area contributed by atoms with E-state index in [9.17, 15) is 0 Å². The molecule has 0 amide bonds. The smallest absolute Gasteiger partial charge is 0.0520 e. The van der Waals surface area contributed by atoms with Gasteiger partial charge < -0.3 is 11.5 Å². The molecule has 0 saturated carbocycles. The Morgan fingerprint density at radius 3 is 2.00 bits per heavy atom. The van der Waals surface area contributed by atoms with Crippen molar-refractivity contribution in [2.24, 2.45) is 11.5 Å². The van der Waals surface area contributed by atoms with Gasteiger partial charge in [0.25, 0.3) is 0 Å². The summed E-state index contributed by atoms with van der Waals surface area (Å²) in [7, 11) is 0. The first-order chi connectivity index (χ1) is 3.27. The van der Waals surface area contributed by atoms with Gasteiger partial charge in [0.05, 0.1) is 6.17 Å². The van der Waals surface area contributed by atoms with Crippen LogP contribution in [0.15, 0.2) is 0 Å². The molecule has 0 radical (unpaired) electrons. The van der Waals surface area contributed by atoms with Crippen LogP contribution in [0, 0.1) is 0 Å². The average molecular weight is 230 g/mol. The molecule has 8 heavy (non-hydrogen) atoms. The van der Waals surface area contributed by atoms with Crippen molar-refractivity contribution in [1.82, 2.24) is 0 Å². The third-order valence-corrected chi connectivity index (χ3v) is 0.891. The van der Waals surface area contributed by atoms with Gasteiger partial charge in [-0.2, -0.15) is 0 Å². The van der Waals surface area contributed by atoms with Gasteiger partial charge in [-0.1, -0.05) is 19.8 Å². The fourth-order valence-electron chi connectivity index (χ4n) is 0.440. The van der Waals surface area contributed by atoms with E-state index in [1.54, 1.807) is 0 Å². The fraction of sp³-hybridized carbons (Fsp3) is 1.00. The lowest BCUT2D eigenvalue weighted by Gasteiger charge is -2.00. The molecule has 0 aromatic heterocycles. The molecule has 0 spiro atoms. The van der Waals surface area contributed by atoms with E-state index in [1.807, 2.05) is 0 Å². The van der Waals surface area contributed by atoms with Crippen molar-refractivity contribution in [3.63, 3.8) is 0 Å². The molecule has 0 atom stereocenters. The molecule has 0 aromatic rings. The normalized spacial score (nSPS) is 9.00. The van der Waals surface area contributed by atoms with Crippen LogP contribution in [-0.2, 0) is 0 Å². The molecule has 0 aromatic carbocycles. The van der Waals surface area contributed by atoms with Crippen molar-refractivity contribution in [2.45, 2.75) is 32.4 Å². The zero-order valence-electron chi connectivity index (χ0n) is 5.26. The van der Waals surface area contributed by atoms with Gasteiger partial charge >= 0.3 is 0 Å². The fourth-order valence-corrected chi connectivity index (χ4v) is 0.440. The lowest BCUT2D eigenvalue weighted by Crippen LogP contribution is -2.29. The lowest BCUT2D eigenvalue weighted by molar-refractivity contribution is 0.595. The number of halogens is 1. The zero-order chi connectivity index (χ0) is 5.70. The Morgan fingerprint density at radius 1 is 1.38 bits per heavy atom. The Labute approximate surface area is 68.0 Å². The first-order valence-electron chi connectivity index (χ1n) is 2.78. The predicted octanol–water partition coefficient (Wildman–Crippen LogP) is 1.04. The van der Waals surface area contributed by atoms with E-state index in [4.69, 9.17) is 11.5 Å². The van der Waals surface area contributed by atoms with Crippen molar-refractivity contribution >= 4 is 24.0 Å². The number of hydrogen-bond acceptors (Lipinski definition) is 2. The van der Waals surface area contributed by atoms with Crippen LogP contribution >= 0.6 is 24.0 Å². The summed E-state index contributed by atoms with van der Waals surface area (Å²) in [5, 5.41) is 0. The highest BCUT2D eigenvalue weighted by atomic mass is 127. The van der Waals surface area contributed by atoms with Crippen LogP contribution in [0.3, 0.4) is 0 Å². The summed E-state index contributed by atoms with van der Waals surface area (Å²) in [4.78, 5) is 0. The number of nitrogens with two attached hydrogens (primary N) is 2. The second kappa shape index (κ2) is 7.65. The van der Waals surface area contributed by atoms with Gasteiger partial charge in [0.1, 0.15) is 0 Å². The molecule has 0 aliphatic rings. The van der Waals surface area contributed by atoms with Crippen molar-refractivity contribution in [3.05, 3.63) is 0 Å². The quantitative estimate of drug-likeness (QED) is 0.562. The second-order valence-corrected chi connectivity index (χ2v) is 1.81. The highest BCUT2D eigenvalue weighted by molar-refractivity contribution is 14.0. The molecule has 0 aliphatic carbocycles. The molecular formula is C5H15IN2. The number of unbranched alkanes of at least 4 members (excludes halogenated alkanes) is 1. The Balaban J connectivity index is 0. The third-order valence-electron chi connectivity index (χ3n) is 0.891. The monoisotopic (exact) mass is 230 g/mol. The summed E-state index contributed by atoms with van der Waals surface area (Å²) in [5.41, 5.74) is 10.5. The summed E-state index contributed by atoms with van der Waals surface area (Å²) in [5.74, 6) is 0. The van der Waals surface area contributed by atoms with E-state index in [1.165, 1.54) is 6.42 Å². The predicted molar refractivity (Wildman–Crippen MR) is 47.1 cm³/mol. The minimum Gasteiger partial charge on any atom is -0.316 e. The Morgan fingerprint density at radius 2 is 1.88 bits per heavy atom. The molecule has 0 heterocycles. The van der Waals surface area contributed by atoms with E-state index < -0.39 is 0 Å². The van der Waals surface area contributed by atoms with Crippen LogP contribution < -0.4 is 11.5 Å². The zero-order valence-corrected chi connectivity index (χ0v) is 7.59. The van der Waals surface area contributed by atoms with Crippen molar-refractivity contribution < 1.29 is 0 Å². The van der Waals surface area contributed by atoms with E-state index in [0.717, 1.165) is 12.8 Å². The van der Waals surface area contributed by atoms with Crippen molar-refractivity contribution in [1.29, 1.82) is 0 Å². The van der Waals surface area contributed by atoms with Gasteiger partial charge in [-0.15, -0.1) is 24.0 Å². The van der Waals surface area contributed by atoms with Gasteiger partial charge in [-0.25, -0.2) is 0 Å². The SMILES string of the molecule is CCCCC(N)N.I. The Hall–Kier alpha value is 0.650. The molecule has 0 rings (SSSR count). The van der Waals surface area contributed by atoms with E-state index >= 15 is 0 Å². The van der Waals surface area contributed by atoms with Crippen LogP contribution in [-0.4, -0.2) is 6.17 Å². The Kier molecular flexibility index (Phi) is 10.9. The summed E-state index contributed by atoms with van der Waals surface area (Å²) in [6.07, 6.45) is 3.19. The number of rotatable bonds is 3. The molecule has 52 valence electrons. The van der Waals surface area contributed by atoms with Crippen LogP contribution in [0.2, 0.25) is 0 Å². The van der Waals surface area contributed by atoms with Gasteiger partial charge in [0.2, 0.25) is 0 Å².